The van der Waals surface area contributed by atoms with Gasteiger partial charge in [0.25, 0.3) is 5.91 Å². The van der Waals surface area contributed by atoms with Crippen LogP contribution in [0.2, 0.25) is 0 Å². The number of nitrogens with one attached hydrogen (secondary N) is 1. The summed E-state index contributed by atoms with van der Waals surface area (Å²) >= 11 is 0. The monoisotopic (exact) mass is 377 g/mol. The number of hydrogen-bond acceptors (Lipinski definition) is 6. The number of carbonyl (C=O) groups is 1. The van der Waals surface area contributed by atoms with Crippen molar-refractivity contribution < 1.29 is 9.21 Å². The Labute approximate surface area is 164 Å². The normalized spacial score (nSPS) is 14.8. The fourth-order valence-corrected chi connectivity index (χ4v) is 3.25. The third-order valence-electron chi connectivity index (χ3n) is 4.82. The highest BCUT2D eigenvalue weighted by Crippen LogP contribution is 2.14. The van der Waals surface area contributed by atoms with Gasteiger partial charge in [-0.3, -0.25) is 9.69 Å². The molecular formula is C21H23N5O2. The average molecular weight is 377 g/mol. The van der Waals surface area contributed by atoms with E-state index in [4.69, 9.17) is 4.42 Å². The summed E-state index contributed by atoms with van der Waals surface area (Å²) in [4.78, 5) is 25.5. The second-order valence-corrected chi connectivity index (χ2v) is 6.77. The van der Waals surface area contributed by atoms with Crippen LogP contribution in [-0.2, 0) is 13.1 Å². The minimum absolute atomic E-state index is 0.261. The molecule has 144 valence electrons. The van der Waals surface area contributed by atoms with Gasteiger partial charge in [0.15, 0.2) is 0 Å². The molecule has 1 N–H and O–H groups in total. The molecule has 3 heterocycles. The van der Waals surface area contributed by atoms with Crippen molar-refractivity contribution in [2.24, 2.45) is 0 Å². The lowest BCUT2D eigenvalue weighted by atomic mass is 10.2. The Hall–Kier alpha value is -3.19. The molecular weight excluding hydrogens is 354 g/mol. The van der Waals surface area contributed by atoms with Crippen LogP contribution in [0.25, 0.3) is 0 Å². The number of furan rings is 1. The topological polar surface area (TPSA) is 74.5 Å². The molecule has 4 rings (SSSR count). The van der Waals surface area contributed by atoms with Gasteiger partial charge in [-0.1, -0.05) is 30.3 Å². The van der Waals surface area contributed by atoms with E-state index in [0.717, 1.165) is 38.5 Å². The third-order valence-corrected chi connectivity index (χ3v) is 4.82. The highest BCUT2D eigenvalue weighted by atomic mass is 16.3. The van der Waals surface area contributed by atoms with Crippen molar-refractivity contribution in [2.45, 2.75) is 13.1 Å². The number of amides is 1. The fraction of sp³-hybridized carbons (Fsp3) is 0.286. The summed E-state index contributed by atoms with van der Waals surface area (Å²) in [6.45, 7) is 5.04. The van der Waals surface area contributed by atoms with Crippen molar-refractivity contribution in [2.75, 3.05) is 31.1 Å². The van der Waals surface area contributed by atoms with E-state index in [9.17, 15) is 4.79 Å². The smallest absolute Gasteiger partial charge is 0.271 e. The molecule has 28 heavy (non-hydrogen) atoms. The van der Waals surface area contributed by atoms with Gasteiger partial charge in [-0.2, -0.15) is 0 Å². The molecule has 1 aromatic carbocycles. The molecule has 0 bridgehead atoms. The zero-order valence-corrected chi connectivity index (χ0v) is 15.6. The summed E-state index contributed by atoms with van der Waals surface area (Å²) in [6.07, 6.45) is 4.79. The number of hydrogen-bond donors (Lipinski definition) is 1. The lowest BCUT2D eigenvalue weighted by Crippen LogP contribution is -2.46. The van der Waals surface area contributed by atoms with Crippen molar-refractivity contribution in [1.29, 1.82) is 0 Å². The molecule has 0 atom stereocenters. The molecule has 1 saturated heterocycles. The van der Waals surface area contributed by atoms with Crippen LogP contribution >= 0.6 is 0 Å². The van der Waals surface area contributed by atoms with Crippen LogP contribution in [0, 0.1) is 0 Å². The Morgan fingerprint density at radius 3 is 2.50 bits per heavy atom. The second-order valence-electron chi connectivity index (χ2n) is 6.77. The summed E-state index contributed by atoms with van der Waals surface area (Å²) in [7, 11) is 0. The zero-order valence-electron chi connectivity index (χ0n) is 15.6. The Morgan fingerprint density at radius 2 is 1.82 bits per heavy atom. The summed E-state index contributed by atoms with van der Waals surface area (Å²) in [6, 6.07) is 14.1. The average Bonchev–Trinajstić information content (AvgIpc) is 3.27. The van der Waals surface area contributed by atoms with Crippen LogP contribution in [0.5, 0.6) is 0 Å². The fourth-order valence-electron chi connectivity index (χ4n) is 3.25. The predicted molar refractivity (Wildman–Crippen MR) is 106 cm³/mol. The lowest BCUT2D eigenvalue weighted by Gasteiger charge is -2.35. The molecule has 7 heteroatoms. The summed E-state index contributed by atoms with van der Waals surface area (Å²) < 4.78 is 5.20. The molecule has 0 radical (unpaired) electrons. The van der Waals surface area contributed by atoms with Crippen molar-refractivity contribution in [3.8, 4) is 0 Å². The van der Waals surface area contributed by atoms with Crippen molar-refractivity contribution >= 4 is 11.7 Å². The van der Waals surface area contributed by atoms with Gasteiger partial charge in [0.05, 0.1) is 25.2 Å². The Bertz CT molecular complexity index is 873. The van der Waals surface area contributed by atoms with Crippen LogP contribution in [-0.4, -0.2) is 47.0 Å². The van der Waals surface area contributed by atoms with Gasteiger partial charge in [0.2, 0.25) is 0 Å². The van der Waals surface area contributed by atoms with Gasteiger partial charge < -0.3 is 14.6 Å². The van der Waals surface area contributed by atoms with Crippen molar-refractivity contribution in [3.05, 3.63) is 78.1 Å². The van der Waals surface area contributed by atoms with Crippen LogP contribution in [0.15, 0.2) is 65.5 Å². The van der Waals surface area contributed by atoms with Crippen molar-refractivity contribution in [3.63, 3.8) is 0 Å². The maximum atomic E-state index is 12.2. The SMILES string of the molecule is O=C(NCc1ccco1)c1cnc(N2CCN(Cc3ccccc3)CC2)cn1. The van der Waals surface area contributed by atoms with Gasteiger partial charge in [-0.05, 0) is 17.7 Å². The van der Waals surface area contributed by atoms with Gasteiger partial charge in [-0.15, -0.1) is 0 Å². The van der Waals surface area contributed by atoms with E-state index in [1.165, 1.54) is 11.8 Å². The molecule has 1 fully saturated rings. The first-order chi connectivity index (χ1) is 13.8. The maximum Gasteiger partial charge on any atom is 0.271 e. The number of carbonyl (C=O) groups excluding carboxylic acids is 1. The molecule has 3 aromatic rings. The largest absolute Gasteiger partial charge is 0.467 e. The van der Waals surface area contributed by atoms with Crippen LogP contribution in [0.4, 0.5) is 5.82 Å². The minimum atomic E-state index is -0.261. The number of aromatic nitrogens is 2. The van der Waals surface area contributed by atoms with E-state index in [0.29, 0.717) is 18.0 Å². The van der Waals surface area contributed by atoms with E-state index in [-0.39, 0.29) is 5.91 Å². The molecule has 0 spiro atoms. The molecule has 1 aliphatic heterocycles. The standard InChI is InChI=1S/C21H23N5O2/c27-21(24-13-18-7-4-12-28-18)19-14-23-20(15-22-19)26-10-8-25(9-11-26)16-17-5-2-1-3-6-17/h1-7,12,14-15H,8-11,13,16H2,(H,24,27). The number of benzene rings is 1. The highest BCUT2D eigenvalue weighted by Gasteiger charge is 2.19. The number of piperazine rings is 1. The predicted octanol–water partition coefficient (Wildman–Crippen LogP) is 2.32. The molecule has 7 nitrogen and oxygen atoms in total. The van der Waals surface area contributed by atoms with E-state index in [1.54, 1.807) is 18.5 Å². The number of anilines is 1. The minimum Gasteiger partial charge on any atom is -0.467 e. The van der Waals surface area contributed by atoms with Crippen LogP contribution in [0.1, 0.15) is 21.8 Å². The highest BCUT2D eigenvalue weighted by molar-refractivity contribution is 5.91. The van der Waals surface area contributed by atoms with Crippen molar-refractivity contribution in [1.82, 2.24) is 20.2 Å². The van der Waals surface area contributed by atoms with Gasteiger partial charge in [-0.25, -0.2) is 9.97 Å². The van der Waals surface area contributed by atoms with Gasteiger partial charge >= 0.3 is 0 Å². The van der Waals surface area contributed by atoms with E-state index in [1.807, 2.05) is 12.1 Å². The Balaban J connectivity index is 1.28. The van der Waals surface area contributed by atoms with E-state index >= 15 is 0 Å². The van der Waals surface area contributed by atoms with Crippen LogP contribution < -0.4 is 10.2 Å². The first-order valence-corrected chi connectivity index (χ1v) is 9.42. The first-order valence-electron chi connectivity index (χ1n) is 9.42. The second kappa shape index (κ2) is 8.67. The van der Waals surface area contributed by atoms with Gasteiger partial charge in [0.1, 0.15) is 17.3 Å². The van der Waals surface area contributed by atoms with E-state index < -0.39 is 0 Å². The van der Waals surface area contributed by atoms with E-state index in [2.05, 4.69) is 49.4 Å². The van der Waals surface area contributed by atoms with Crippen LogP contribution in [0.3, 0.4) is 0 Å². The Kier molecular flexibility index (Phi) is 5.63. The Morgan fingerprint density at radius 1 is 1.00 bits per heavy atom. The van der Waals surface area contributed by atoms with Gasteiger partial charge in [0, 0.05) is 32.7 Å². The zero-order chi connectivity index (χ0) is 19.2. The molecule has 0 saturated carbocycles. The molecule has 1 amide bonds. The third kappa shape index (κ3) is 4.55. The molecule has 0 unspecified atom stereocenters. The number of rotatable bonds is 6. The summed E-state index contributed by atoms with van der Waals surface area (Å²) in [5.74, 6) is 1.25. The lowest BCUT2D eigenvalue weighted by molar-refractivity contribution is 0.0942. The molecule has 0 aliphatic carbocycles. The molecule has 1 aliphatic rings. The quantitative estimate of drug-likeness (QED) is 0.711. The summed E-state index contributed by atoms with van der Waals surface area (Å²) in [5.41, 5.74) is 1.64. The summed E-state index contributed by atoms with van der Waals surface area (Å²) in [5, 5.41) is 2.77. The molecule has 2 aromatic heterocycles. The number of nitrogens with zero attached hydrogens (tertiary/aromatic N) is 4. The maximum absolute atomic E-state index is 12.2. The first kappa shape index (κ1) is 18.2.